The van der Waals surface area contributed by atoms with Gasteiger partial charge in [-0.1, -0.05) is 12.1 Å². The molecule has 1 fully saturated rings. The van der Waals surface area contributed by atoms with Gasteiger partial charge in [0.1, 0.15) is 4.90 Å². The number of anilines is 1. The van der Waals surface area contributed by atoms with Crippen LogP contribution in [-0.4, -0.2) is 21.0 Å². The summed E-state index contributed by atoms with van der Waals surface area (Å²) in [6, 6.07) is 7.34. The van der Waals surface area contributed by atoms with Crippen molar-refractivity contribution >= 4 is 15.7 Å². The quantitative estimate of drug-likeness (QED) is 0.874. The molecular formula is C12H18N2O2S. The lowest BCUT2D eigenvalue weighted by atomic mass is 10.0. The van der Waals surface area contributed by atoms with Crippen LogP contribution in [0.3, 0.4) is 0 Å². The summed E-state index contributed by atoms with van der Waals surface area (Å²) >= 11 is 0. The van der Waals surface area contributed by atoms with Gasteiger partial charge in [-0.3, -0.25) is 0 Å². The number of hydrogen-bond donors (Lipinski definition) is 1. The van der Waals surface area contributed by atoms with E-state index in [1.165, 1.54) is 6.42 Å². The van der Waals surface area contributed by atoms with E-state index in [-0.39, 0.29) is 4.90 Å². The van der Waals surface area contributed by atoms with Gasteiger partial charge in [0.25, 0.3) is 0 Å². The molecule has 2 N–H and O–H groups in total. The third-order valence-corrected chi connectivity index (χ3v) is 4.24. The molecule has 0 radical (unpaired) electrons. The van der Waals surface area contributed by atoms with Crippen LogP contribution < -0.4 is 10.0 Å². The molecule has 0 spiro atoms. The van der Waals surface area contributed by atoms with Crippen molar-refractivity contribution in [3.63, 3.8) is 0 Å². The summed E-state index contributed by atoms with van der Waals surface area (Å²) in [6.45, 7) is 3.02. The number of nitrogens with zero attached hydrogens (tertiary/aromatic N) is 1. The third kappa shape index (κ3) is 2.61. The zero-order valence-electron chi connectivity index (χ0n) is 9.96. The molecule has 1 aliphatic heterocycles. The first-order chi connectivity index (χ1) is 8.00. The lowest BCUT2D eigenvalue weighted by Gasteiger charge is -2.36. The molecule has 0 aromatic heterocycles. The minimum atomic E-state index is -3.65. The molecule has 17 heavy (non-hydrogen) atoms. The van der Waals surface area contributed by atoms with E-state index in [0.29, 0.717) is 6.04 Å². The molecule has 0 bridgehead atoms. The van der Waals surface area contributed by atoms with E-state index in [0.717, 1.165) is 25.1 Å². The Morgan fingerprint density at radius 3 is 2.65 bits per heavy atom. The summed E-state index contributed by atoms with van der Waals surface area (Å²) < 4.78 is 23.1. The minimum absolute atomic E-state index is 0.230. The van der Waals surface area contributed by atoms with Gasteiger partial charge in [-0.15, -0.1) is 0 Å². The fraction of sp³-hybridized carbons (Fsp3) is 0.500. The largest absolute Gasteiger partial charge is 0.368 e. The zero-order chi connectivity index (χ0) is 12.5. The Bertz CT molecular complexity index is 499. The highest BCUT2D eigenvalue weighted by Crippen LogP contribution is 2.29. The van der Waals surface area contributed by atoms with Gasteiger partial charge >= 0.3 is 0 Å². The number of para-hydroxylation sites is 1. The van der Waals surface area contributed by atoms with Gasteiger partial charge in [0.15, 0.2) is 0 Å². The van der Waals surface area contributed by atoms with Crippen molar-refractivity contribution < 1.29 is 8.42 Å². The molecule has 0 amide bonds. The number of hydrogen-bond acceptors (Lipinski definition) is 3. The van der Waals surface area contributed by atoms with Crippen LogP contribution in [0.1, 0.15) is 26.2 Å². The Labute approximate surface area is 102 Å². The molecule has 0 saturated carbocycles. The molecule has 5 heteroatoms. The second-order valence-electron chi connectivity index (χ2n) is 4.55. The summed E-state index contributed by atoms with van der Waals surface area (Å²) in [4.78, 5) is 2.37. The Morgan fingerprint density at radius 1 is 1.29 bits per heavy atom. The SMILES string of the molecule is CC1CCCCN1c1ccccc1S(N)(=O)=O. The number of sulfonamides is 1. The third-order valence-electron chi connectivity index (χ3n) is 3.28. The van der Waals surface area contributed by atoms with Gasteiger partial charge in [0, 0.05) is 12.6 Å². The fourth-order valence-electron chi connectivity index (χ4n) is 2.39. The fourth-order valence-corrected chi connectivity index (χ4v) is 3.14. The minimum Gasteiger partial charge on any atom is -0.368 e. The Hall–Kier alpha value is -1.07. The Morgan fingerprint density at radius 2 is 2.00 bits per heavy atom. The van der Waals surface area contributed by atoms with Crippen LogP contribution >= 0.6 is 0 Å². The molecule has 1 unspecified atom stereocenters. The second-order valence-corrected chi connectivity index (χ2v) is 6.08. The van der Waals surface area contributed by atoms with Crippen LogP contribution in [-0.2, 0) is 10.0 Å². The van der Waals surface area contributed by atoms with E-state index in [4.69, 9.17) is 5.14 Å². The van der Waals surface area contributed by atoms with Crippen LogP contribution in [0.2, 0.25) is 0 Å². The van der Waals surface area contributed by atoms with E-state index in [1.807, 2.05) is 12.1 Å². The van der Waals surface area contributed by atoms with E-state index in [2.05, 4.69) is 11.8 Å². The monoisotopic (exact) mass is 254 g/mol. The average Bonchev–Trinajstić information content (AvgIpc) is 2.28. The maximum atomic E-state index is 11.6. The van der Waals surface area contributed by atoms with E-state index in [9.17, 15) is 8.42 Å². The number of benzene rings is 1. The summed E-state index contributed by atoms with van der Waals surface area (Å²) in [5.41, 5.74) is 0.738. The first kappa shape index (κ1) is 12.4. The molecule has 2 rings (SSSR count). The highest BCUT2D eigenvalue weighted by molar-refractivity contribution is 7.89. The first-order valence-corrected chi connectivity index (χ1v) is 7.43. The molecule has 1 aromatic rings. The molecule has 94 valence electrons. The highest BCUT2D eigenvalue weighted by Gasteiger charge is 2.23. The summed E-state index contributed by atoms with van der Waals surface area (Å²) in [5.74, 6) is 0. The molecule has 4 nitrogen and oxygen atoms in total. The van der Waals surface area contributed by atoms with Crippen molar-refractivity contribution in [1.82, 2.24) is 0 Å². The van der Waals surface area contributed by atoms with Crippen molar-refractivity contribution in [2.75, 3.05) is 11.4 Å². The molecule has 1 saturated heterocycles. The second kappa shape index (κ2) is 4.66. The highest BCUT2D eigenvalue weighted by atomic mass is 32.2. The standard InChI is InChI=1S/C12H18N2O2S/c1-10-6-4-5-9-14(10)11-7-2-3-8-12(11)17(13,15)16/h2-3,7-8,10H,4-6,9H2,1H3,(H2,13,15,16). The van der Waals surface area contributed by atoms with Gasteiger partial charge in [0.05, 0.1) is 5.69 Å². The van der Waals surface area contributed by atoms with Crippen molar-refractivity contribution in [1.29, 1.82) is 0 Å². The van der Waals surface area contributed by atoms with E-state index in [1.54, 1.807) is 12.1 Å². The van der Waals surface area contributed by atoms with Crippen LogP contribution in [0.5, 0.6) is 0 Å². The van der Waals surface area contributed by atoms with Crippen molar-refractivity contribution in [3.05, 3.63) is 24.3 Å². The maximum Gasteiger partial charge on any atom is 0.240 e. The van der Waals surface area contributed by atoms with Crippen LogP contribution in [0.25, 0.3) is 0 Å². The van der Waals surface area contributed by atoms with Gasteiger partial charge in [-0.05, 0) is 38.3 Å². The summed E-state index contributed by atoms with van der Waals surface area (Å²) in [7, 11) is -3.65. The number of piperidine rings is 1. The molecule has 1 heterocycles. The Kier molecular flexibility index (Phi) is 3.40. The van der Waals surface area contributed by atoms with Crippen LogP contribution in [0.15, 0.2) is 29.2 Å². The molecule has 1 aliphatic rings. The van der Waals surface area contributed by atoms with Gasteiger partial charge in [-0.25, -0.2) is 13.6 Å². The molecule has 1 aromatic carbocycles. The zero-order valence-corrected chi connectivity index (χ0v) is 10.8. The molecule has 1 atom stereocenters. The van der Waals surface area contributed by atoms with Gasteiger partial charge in [-0.2, -0.15) is 0 Å². The molecule has 0 aliphatic carbocycles. The lowest BCUT2D eigenvalue weighted by molar-refractivity contribution is 0.482. The van der Waals surface area contributed by atoms with E-state index < -0.39 is 10.0 Å². The first-order valence-electron chi connectivity index (χ1n) is 5.88. The predicted octanol–water partition coefficient (Wildman–Crippen LogP) is 1.71. The number of nitrogens with two attached hydrogens (primary N) is 1. The smallest absolute Gasteiger partial charge is 0.240 e. The summed E-state index contributed by atoms with van der Waals surface area (Å²) in [5, 5.41) is 5.26. The molecular weight excluding hydrogens is 236 g/mol. The van der Waals surface area contributed by atoms with Gasteiger partial charge in [0.2, 0.25) is 10.0 Å². The van der Waals surface area contributed by atoms with Crippen molar-refractivity contribution in [3.8, 4) is 0 Å². The Balaban J connectivity index is 2.44. The van der Waals surface area contributed by atoms with Crippen molar-refractivity contribution in [2.45, 2.75) is 37.1 Å². The van der Waals surface area contributed by atoms with Crippen molar-refractivity contribution in [2.24, 2.45) is 5.14 Å². The summed E-state index contributed by atoms with van der Waals surface area (Å²) in [6.07, 6.45) is 3.40. The van der Waals surface area contributed by atoms with E-state index >= 15 is 0 Å². The number of primary sulfonamides is 1. The van der Waals surface area contributed by atoms with Gasteiger partial charge < -0.3 is 4.90 Å². The topological polar surface area (TPSA) is 63.4 Å². The van der Waals surface area contributed by atoms with Crippen LogP contribution in [0.4, 0.5) is 5.69 Å². The van der Waals surface area contributed by atoms with Crippen LogP contribution in [0, 0.1) is 0 Å². The normalized spacial score (nSPS) is 21.5. The number of rotatable bonds is 2. The lowest BCUT2D eigenvalue weighted by Crippen LogP contribution is -2.38. The maximum absolute atomic E-state index is 11.6. The average molecular weight is 254 g/mol. The predicted molar refractivity (Wildman–Crippen MR) is 68.5 cm³/mol.